The second-order valence-electron chi connectivity index (χ2n) is 6.47. The smallest absolute Gasteiger partial charge is 0.187 e. The van der Waals surface area contributed by atoms with E-state index in [1.54, 1.807) is 0 Å². The Kier molecular flexibility index (Phi) is 3.83. The molecule has 2 aromatic carbocycles. The Bertz CT molecular complexity index is 826. The highest BCUT2D eigenvalue weighted by atomic mass is 16.1. The molecule has 0 fully saturated rings. The Hall–Kier alpha value is -2.73. The van der Waals surface area contributed by atoms with Crippen molar-refractivity contribution in [2.45, 2.75) is 32.2 Å². The normalized spacial score (nSPS) is 15.3. The van der Waals surface area contributed by atoms with Crippen molar-refractivity contribution in [1.29, 1.82) is 0 Å². The van der Waals surface area contributed by atoms with Crippen molar-refractivity contribution >= 4 is 17.2 Å². The molecule has 1 aliphatic heterocycles. The molecule has 0 saturated carbocycles. The molecule has 114 valence electrons. The topological polar surface area (TPSA) is 33.8 Å². The maximum absolute atomic E-state index is 12.5. The summed E-state index contributed by atoms with van der Waals surface area (Å²) in [4.78, 5) is 20.8. The minimum absolute atomic E-state index is 0.0567. The van der Waals surface area contributed by atoms with Gasteiger partial charge in [-0.25, -0.2) is 4.85 Å². The molecular formula is C20H18N2O. The number of hydrogen-bond donors (Lipinski definition) is 0. The van der Waals surface area contributed by atoms with Crippen molar-refractivity contribution in [1.82, 2.24) is 0 Å². The van der Waals surface area contributed by atoms with E-state index in [-0.39, 0.29) is 17.7 Å². The van der Waals surface area contributed by atoms with Crippen LogP contribution >= 0.6 is 0 Å². The molecule has 3 rings (SSSR count). The highest BCUT2D eigenvalue weighted by Gasteiger charge is 2.27. The molecule has 0 amide bonds. The summed E-state index contributed by atoms with van der Waals surface area (Å²) in [7, 11) is 0. The van der Waals surface area contributed by atoms with Crippen LogP contribution in [0.15, 0.2) is 53.5 Å². The number of carbonyl (C=O) groups is 1. The van der Waals surface area contributed by atoms with Crippen LogP contribution in [0.25, 0.3) is 4.85 Å². The van der Waals surface area contributed by atoms with Crippen LogP contribution in [0.1, 0.15) is 41.8 Å². The Balaban J connectivity index is 1.99. The number of aliphatic imine (C=N–C) groups is 1. The first-order valence-electron chi connectivity index (χ1n) is 7.66. The third kappa shape index (κ3) is 3.22. The van der Waals surface area contributed by atoms with Crippen molar-refractivity contribution in [2.24, 2.45) is 4.99 Å². The second-order valence-corrected chi connectivity index (χ2v) is 6.47. The van der Waals surface area contributed by atoms with Gasteiger partial charge in [0, 0.05) is 11.3 Å². The number of benzene rings is 2. The molecule has 0 spiro atoms. The number of nitrogens with zero attached hydrogens (tertiary/aromatic N) is 2. The largest absolute Gasteiger partial charge is 0.294 e. The lowest BCUT2D eigenvalue weighted by atomic mass is 9.85. The standard InChI is InChI=1S/C20H18N2O/c1-20(2)13-15-9-10-16(21-3)11-17(15)18(22-20)12-19(23)14-7-5-4-6-8-14/h4-11H,12-13H2,1-2H3. The molecule has 0 aromatic heterocycles. The van der Waals surface area contributed by atoms with E-state index in [1.165, 1.54) is 0 Å². The molecule has 1 aliphatic rings. The van der Waals surface area contributed by atoms with Crippen molar-refractivity contribution < 1.29 is 4.79 Å². The molecule has 1 heterocycles. The highest BCUT2D eigenvalue weighted by Crippen LogP contribution is 2.31. The van der Waals surface area contributed by atoms with E-state index in [2.05, 4.69) is 18.7 Å². The Labute approximate surface area is 136 Å². The number of ketones is 1. The third-order valence-electron chi connectivity index (χ3n) is 4.02. The van der Waals surface area contributed by atoms with Crippen LogP contribution in [0.3, 0.4) is 0 Å². The summed E-state index contributed by atoms with van der Waals surface area (Å²) in [5, 5.41) is 0. The van der Waals surface area contributed by atoms with E-state index in [1.807, 2.05) is 48.5 Å². The van der Waals surface area contributed by atoms with E-state index in [4.69, 9.17) is 11.6 Å². The molecule has 3 nitrogen and oxygen atoms in total. The Morgan fingerprint density at radius 1 is 1.22 bits per heavy atom. The quantitative estimate of drug-likeness (QED) is 0.601. The van der Waals surface area contributed by atoms with Gasteiger partial charge in [0.05, 0.1) is 18.5 Å². The summed E-state index contributed by atoms with van der Waals surface area (Å²) < 4.78 is 0. The van der Waals surface area contributed by atoms with Crippen LogP contribution in [-0.2, 0) is 6.42 Å². The lowest BCUT2D eigenvalue weighted by molar-refractivity contribution is 0.100. The van der Waals surface area contributed by atoms with Crippen LogP contribution in [0.2, 0.25) is 0 Å². The van der Waals surface area contributed by atoms with Crippen molar-refractivity contribution in [3.05, 3.63) is 76.6 Å². The SMILES string of the molecule is [C-]#[N+]c1ccc2c(c1)C(CC(=O)c1ccccc1)=NC(C)(C)C2. The predicted octanol–water partition coefficient (Wildman–Crippen LogP) is 4.63. The van der Waals surface area contributed by atoms with Gasteiger partial charge in [0.25, 0.3) is 0 Å². The summed E-state index contributed by atoms with van der Waals surface area (Å²) in [5.41, 5.74) is 3.95. The molecule has 3 heteroatoms. The summed E-state index contributed by atoms with van der Waals surface area (Å²) in [6.07, 6.45) is 1.09. The van der Waals surface area contributed by atoms with Crippen LogP contribution in [0.5, 0.6) is 0 Å². The Morgan fingerprint density at radius 3 is 2.65 bits per heavy atom. The van der Waals surface area contributed by atoms with E-state index in [0.717, 1.165) is 23.3 Å². The van der Waals surface area contributed by atoms with Gasteiger partial charge in [0.2, 0.25) is 0 Å². The zero-order valence-corrected chi connectivity index (χ0v) is 13.3. The monoisotopic (exact) mass is 302 g/mol. The van der Waals surface area contributed by atoms with Gasteiger partial charge in [-0.1, -0.05) is 42.5 Å². The predicted molar refractivity (Wildman–Crippen MR) is 92.4 cm³/mol. The minimum atomic E-state index is -0.223. The summed E-state index contributed by atoms with van der Waals surface area (Å²) in [5.74, 6) is 0.0567. The molecule has 0 unspecified atom stereocenters. The van der Waals surface area contributed by atoms with Gasteiger partial charge in [-0.3, -0.25) is 9.79 Å². The van der Waals surface area contributed by atoms with E-state index in [0.29, 0.717) is 11.3 Å². The number of hydrogen-bond acceptors (Lipinski definition) is 2. The van der Waals surface area contributed by atoms with Gasteiger partial charge in [0.1, 0.15) is 0 Å². The second kappa shape index (κ2) is 5.81. The lowest BCUT2D eigenvalue weighted by Gasteiger charge is -2.29. The molecule has 0 saturated heterocycles. The molecule has 0 radical (unpaired) electrons. The molecule has 2 aromatic rings. The van der Waals surface area contributed by atoms with Crippen LogP contribution in [0.4, 0.5) is 5.69 Å². The number of rotatable bonds is 3. The van der Waals surface area contributed by atoms with Crippen LogP contribution < -0.4 is 0 Å². The van der Waals surface area contributed by atoms with Crippen molar-refractivity contribution in [2.75, 3.05) is 0 Å². The van der Waals surface area contributed by atoms with E-state index < -0.39 is 0 Å². The van der Waals surface area contributed by atoms with Crippen LogP contribution in [-0.4, -0.2) is 17.0 Å². The molecule has 0 N–H and O–H groups in total. The first-order chi connectivity index (χ1) is 11.0. The number of Topliss-reactive ketones (excluding diaryl/α,β-unsaturated/α-hetero) is 1. The first kappa shape index (κ1) is 15.2. The third-order valence-corrected chi connectivity index (χ3v) is 4.02. The van der Waals surface area contributed by atoms with Gasteiger partial charge in [-0.2, -0.15) is 0 Å². The number of carbonyl (C=O) groups excluding carboxylic acids is 1. The minimum Gasteiger partial charge on any atom is -0.294 e. The fourth-order valence-corrected chi connectivity index (χ4v) is 3.00. The van der Waals surface area contributed by atoms with Gasteiger partial charge < -0.3 is 0 Å². The summed E-state index contributed by atoms with van der Waals surface area (Å²) >= 11 is 0. The average molecular weight is 302 g/mol. The number of fused-ring (bicyclic) bond motifs is 1. The Morgan fingerprint density at radius 2 is 1.96 bits per heavy atom. The maximum Gasteiger partial charge on any atom is 0.187 e. The average Bonchev–Trinajstić information content (AvgIpc) is 2.54. The zero-order chi connectivity index (χ0) is 16.4. The summed E-state index contributed by atoms with van der Waals surface area (Å²) in [6.45, 7) is 11.3. The van der Waals surface area contributed by atoms with Gasteiger partial charge in [0.15, 0.2) is 11.5 Å². The molecule has 0 atom stereocenters. The van der Waals surface area contributed by atoms with E-state index >= 15 is 0 Å². The van der Waals surface area contributed by atoms with Gasteiger partial charge >= 0.3 is 0 Å². The molecule has 23 heavy (non-hydrogen) atoms. The van der Waals surface area contributed by atoms with Crippen molar-refractivity contribution in [3.63, 3.8) is 0 Å². The molecule has 0 aliphatic carbocycles. The summed E-state index contributed by atoms with van der Waals surface area (Å²) in [6, 6.07) is 15.0. The van der Waals surface area contributed by atoms with Gasteiger partial charge in [-0.15, -0.1) is 0 Å². The molecule has 0 bridgehead atoms. The fourth-order valence-electron chi connectivity index (χ4n) is 3.00. The molecular weight excluding hydrogens is 284 g/mol. The highest BCUT2D eigenvalue weighted by molar-refractivity contribution is 6.17. The van der Waals surface area contributed by atoms with Crippen molar-refractivity contribution in [3.8, 4) is 0 Å². The van der Waals surface area contributed by atoms with E-state index in [9.17, 15) is 4.79 Å². The lowest BCUT2D eigenvalue weighted by Crippen LogP contribution is -2.30. The maximum atomic E-state index is 12.5. The van der Waals surface area contributed by atoms with Gasteiger partial charge in [-0.05, 0) is 37.5 Å². The van der Waals surface area contributed by atoms with Crippen LogP contribution in [0, 0.1) is 6.57 Å². The fraction of sp³-hybridized carbons (Fsp3) is 0.250. The zero-order valence-electron chi connectivity index (χ0n) is 13.3. The first-order valence-corrected chi connectivity index (χ1v) is 7.66.